The monoisotopic (exact) mass is 475 g/mol. The molecule has 1 aromatic carbocycles. The van der Waals surface area contributed by atoms with Crippen molar-refractivity contribution in [1.82, 2.24) is 29.5 Å². The summed E-state index contributed by atoms with van der Waals surface area (Å²) in [6.07, 6.45) is 10.5. The van der Waals surface area contributed by atoms with Gasteiger partial charge in [0.25, 0.3) is 0 Å². The van der Waals surface area contributed by atoms with E-state index in [4.69, 9.17) is 9.47 Å². The van der Waals surface area contributed by atoms with Gasteiger partial charge >= 0.3 is 6.09 Å². The maximum atomic E-state index is 12.5. The van der Waals surface area contributed by atoms with Gasteiger partial charge in [0.05, 0.1) is 24.1 Å². The summed E-state index contributed by atoms with van der Waals surface area (Å²) < 4.78 is 13.6. The topological polar surface area (TPSA) is 110 Å². The molecule has 3 aromatic heterocycles. The van der Waals surface area contributed by atoms with Crippen LogP contribution in [-0.4, -0.2) is 60.4 Å². The number of ether oxygens (including phenoxy) is 2. The lowest BCUT2D eigenvalue weighted by Crippen LogP contribution is -2.42. The first kappa shape index (κ1) is 22.7. The lowest BCUT2D eigenvalue weighted by molar-refractivity contribution is 0.0187. The second-order valence-corrected chi connectivity index (χ2v) is 9.53. The Labute approximate surface area is 203 Å². The molecular weight excluding hydrogens is 446 g/mol. The molecule has 10 heteroatoms. The molecule has 5 rings (SSSR count). The predicted octanol–water partition coefficient (Wildman–Crippen LogP) is 4.64. The van der Waals surface area contributed by atoms with E-state index in [9.17, 15) is 4.79 Å². The molecule has 0 radical (unpaired) electrons. The number of hydrogen-bond donors (Lipinski definition) is 2. The average molecular weight is 476 g/mol. The summed E-state index contributed by atoms with van der Waals surface area (Å²) in [4.78, 5) is 23.3. The Kier molecular flexibility index (Phi) is 6.02. The lowest BCUT2D eigenvalue weighted by Gasteiger charge is -2.28. The Hall–Kier alpha value is -4.08. The van der Waals surface area contributed by atoms with Crippen molar-refractivity contribution in [3.63, 3.8) is 0 Å². The average Bonchev–Trinajstić information content (AvgIpc) is 3.57. The highest BCUT2D eigenvalue weighted by atomic mass is 16.6. The van der Waals surface area contributed by atoms with Crippen molar-refractivity contribution >= 4 is 23.2 Å². The third-order valence-corrected chi connectivity index (χ3v) is 5.77. The van der Waals surface area contributed by atoms with Crippen LogP contribution in [0.2, 0.25) is 0 Å². The van der Waals surface area contributed by atoms with E-state index in [-0.39, 0.29) is 12.1 Å². The van der Waals surface area contributed by atoms with E-state index in [1.165, 1.54) is 0 Å². The van der Waals surface area contributed by atoms with Gasteiger partial charge in [0.2, 0.25) is 0 Å². The molecule has 35 heavy (non-hydrogen) atoms. The number of amides is 1. The highest BCUT2D eigenvalue weighted by Crippen LogP contribution is 2.27. The van der Waals surface area contributed by atoms with Crippen LogP contribution in [0.4, 0.5) is 16.3 Å². The third-order valence-electron chi connectivity index (χ3n) is 5.77. The van der Waals surface area contributed by atoms with Crippen molar-refractivity contribution in [3.8, 4) is 17.0 Å². The van der Waals surface area contributed by atoms with Gasteiger partial charge in [-0.15, -0.1) is 0 Å². The number of nitrogens with zero attached hydrogens (tertiary/aromatic N) is 5. The number of aromatic amines is 1. The van der Waals surface area contributed by atoms with Crippen molar-refractivity contribution in [2.75, 3.05) is 18.5 Å². The highest BCUT2D eigenvalue weighted by Gasteiger charge is 2.32. The smallest absolute Gasteiger partial charge is 0.410 e. The van der Waals surface area contributed by atoms with Crippen LogP contribution in [0.5, 0.6) is 5.75 Å². The number of likely N-dealkylation sites (tertiary alicyclic amines) is 1. The third kappa shape index (κ3) is 5.06. The van der Waals surface area contributed by atoms with Gasteiger partial charge in [0.1, 0.15) is 18.0 Å². The lowest BCUT2D eigenvalue weighted by atomic mass is 10.2. The summed E-state index contributed by atoms with van der Waals surface area (Å²) in [5.41, 5.74) is 2.87. The number of fused-ring (bicyclic) bond motifs is 1. The van der Waals surface area contributed by atoms with Crippen molar-refractivity contribution in [1.29, 1.82) is 0 Å². The Morgan fingerprint density at radius 2 is 2.14 bits per heavy atom. The number of rotatable bonds is 6. The van der Waals surface area contributed by atoms with Gasteiger partial charge in [0, 0.05) is 42.5 Å². The normalized spacial score (nSPS) is 16.0. The first-order chi connectivity index (χ1) is 16.9. The van der Waals surface area contributed by atoms with Gasteiger partial charge in [-0.05, 0) is 45.7 Å². The molecule has 2 N–H and O–H groups in total. The number of benzene rings is 1. The molecule has 4 aromatic rings. The van der Waals surface area contributed by atoms with Gasteiger partial charge in [-0.2, -0.15) is 5.10 Å². The van der Waals surface area contributed by atoms with Crippen LogP contribution in [0.1, 0.15) is 33.6 Å². The molecule has 1 atom stereocenters. The molecule has 1 aliphatic heterocycles. The van der Waals surface area contributed by atoms with Crippen LogP contribution in [0.3, 0.4) is 0 Å². The number of aromatic nitrogens is 5. The fourth-order valence-corrected chi connectivity index (χ4v) is 4.17. The van der Waals surface area contributed by atoms with Crippen LogP contribution in [-0.2, 0) is 4.74 Å². The maximum absolute atomic E-state index is 12.5. The minimum Gasteiger partial charge on any atom is -0.491 e. The molecule has 0 aliphatic carbocycles. The Morgan fingerprint density at radius 1 is 1.26 bits per heavy atom. The minimum absolute atomic E-state index is 0.0110. The van der Waals surface area contributed by atoms with Crippen molar-refractivity contribution in [2.45, 2.75) is 45.3 Å². The van der Waals surface area contributed by atoms with Crippen LogP contribution < -0.4 is 10.1 Å². The number of H-pyrrole nitrogens is 1. The molecule has 10 nitrogen and oxygen atoms in total. The van der Waals surface area contributed by atoms with E-state index >= 15 is 0 Å². The fraction of sp³-hybridized carbons (Fsp3) is 0.360. The maximum Gasteiger partial charge on any atom is 0.410 e. The number of hydrogen-bond acceptors (Lipinski definition) is 7. The van der Waals surface area contributed by atoms with Crippen LogP contribution in [0.25, 0.3) is 16.9 Å². The number of nitrogens with one attached hydrogen (secondary N) is 2. The summed E-state index contributed by atoms with van der Waals surface area (Å²) in [5.74, 6) is 1.34. The van der Waals surface area contributed by atoms with E-state index < -0.39 is 5.60 Å². The number of carbonyl (C=O) groups excluding carboxylic acids is 1. The first-order valence-corrected chi connectivity index (χ1v) is 11.7. The molecule has 1 fully saturated rings. The predicted molar refractivity (Wildman–Crippen MR) is 132 cm³/mol. The molecule has 0 bridgehead atoms. The molecule has 1 aliphatic rings. The van der Waals surface area contributed by atoms with Crippen LogP contribution >= 0.6 is 0 Å². The first-order valence-electron chi connectivity index (χ1n) is 11.7. The highest BCUT2D eigenvalue weighted by molar-refractivity contribution is 5.74. The molecule has 1 amide bonds. The molecule has 1 unspecified atom stereocenters. The summed E-state index contributed by atoms with van der Waals surface area (Å²) >= 11 is 0. The zero-order chi connectivity index (χ0) is 24.4. The van der Waals surface area contributed by atoms with Gasteiger partial charge in [-0.1, -0.05) is 6.07 Å². The van der Waals surface area contributed by atoms with Crippen molar-refractivity contribution < 1.29 is 14.3 Å². The van der Waals surface area contributed by atoms with Crippen LogP contribution in [0.15, 0.2) is 55.2 Å². The number of carbonyl (C=O) groups is 1. The van der Waals surface area contributed by atoms with E-state index in [1.807, 2.05) is 61.8 Å². The van der Waals surface area contributed by atoms with E-state index in [0.717, 1.165) is 29.8 Å². The fourth-order valence-electron chi connectivity index (χ4n) is 4.17. The summed E-state index contributed by atoms with van der Waals surface area (Å²) in [5, 5.41) is 10.2. The van der Waals surface area contributed by atoms with Crippen LogP contribution in [0, 0.1) is 0 Å². The zero-order valence-corrected chi connectivity index (χ0v) is 20.1. The second-order valence-electron chi connectivity index (χ2n) is 9.53. The van der Waals surface area contributed by atoms with Gasteiger partial charge in [0.15, 0.2) is 11.5 Å². The standard InChI is InChI=1S/C25H29N7O3/c1-25(2,3)35-24(33)31-10-5-7-19(31)16-34-20-8-4-6-18(12-20)30-22-23-27-15-21(17-13-28-29-14-17)32(23)11-9-26-22/h4,6,8-9,11-15,19H,5,7,10,16H2,1-3H3,(H,26,30)(H,28,29). The summed E-state index contributed by atoms with van der Waals surface area (Å²) in [6, 6.07) is 7.67. The van der Waals surface area contributed by atoms with Gasteiger partial charge in [-0.3, -0.25) is 9.50 Å². The SMILES string of the molecule is CC(C)(C)OC(=O)N1CCCC1COc1cccc(Nc2nccn3c(-c4cn[nH]c4)cnc23)c1. The van der Waals surface area contributed by atoms with Crippen molar-refractivity contribution in [2.24, 2.45) is 0 Å². The number of anilines is 2. The molecule has 182 valence electrons. The summed E-state index contributed by atoms with van der Waals surface area (Å²) in [7, 11) is 0. The quantitative estimate of drug-likeness (QED) is 0.418. The van der Waals surface area contributed by atoms with Crippen molar-refractivity contribution in [3.05, 3.63) is 55.2 Å². The zero-order valence-electron chi connectivity index (χ0n) is 20.1. The van der Waals surface area contributed by atoms with Gasteiger partial charge in [-0.25, -0.2) is 14.8 Å². The summed E-state index contributed by atoms with van der Waals surface area (Å²) in [6.45, 7) is 6.72. The Balaban J connectivity index is 1.27. The van der Waals surface area contributed by atoms with Gasteiger partial charge < -0.3 is 19.7 Å². The van der Waals surface area contributed by atoms with E-state index in [0.29, 0.717) is 30.4 Å². The van der Waals surface area contributed by atoms with E-state index in [1.54, 1.807) is 23.5 Å². The number of imidazole rings is 1. The molecule has 0 saturated carbocycles. The molecule has 4 heterocycles. The van der Waals surface area contributed by atoms with E-state index in [2.05, 4.69) is 25.5 Å². The molecular formula is C25H29N7O3. The second kappa shape index (κ2) is 9.28. The molecule has 1 saturated heterocycles. The Morgan fingerprint density at radius 3 is 2.94 bits per heavy atom. The molecule has 0 spiro atoms. The largest absolute Gasteiger partial charge is 0.491 e. The Bertz CT molecular complexity index is 1310. The minimum atomic E-state index is -0.518.